The molecule has 0 spiro atoms. The van der Waals surface area contributed by atoms with Crippen molar-refractivity contribution in [1.82, 2.24) is 15.4 Å². The molecule has 186 valence electrons. The first kappa shape index (κ1) is 29.4. The molecule has 1 aromatic heterocycles. The molecule has 0 atom stereocenters. The Bertz CT molecular complexity index is 1340. The van der Waals surface area contributed by atoms with Crippen LogP contribution in [-0.4, -0.2) is 15.4 Å². The normalized spacial score (nSPS) is 10.9. The molecule has 15 heteroatoms. The van der Waals surface area contributed by atoms with Gasteiger partial charge in [0.15, 0.2) is 17.2 Å². The molecule has 0 amide bonds. The minimum Gasteiger partial charge on any atom is -0.444 e. The quantitative estimate of drug-likeness (QED) is 0.192. The number of nitrogens with zero attached hydrogens (tertiary/aromatic N) is 3. The van der Waals surface area contributed by atoms with E-state index in [-0.39, 0.29) is 17.5 Å². The molecular weight excluding hydrogens is 1060 g/mol. The van der Waals surface area contributed by atoms with Crippen molar-refractivity contribution in [2.45, 2.75) is 0 Å². The van der Waals surface area contributed by atoms with E-state index in [0.717, 1.165) is 13.4 Å². The van der Waals surface area contributed by atoms with Crippen molar-refractivity contribution in [1.29, 1.82) is 0 Å². The van der Waals surface area contributed by atoms with Gasteiger partial charge in [-0.05, 0) is 137 Å². The molecule has 0 saturated heterocycles. The summed E-state index contributed by atoms with van der Waals surface area (Å²) in [4.78, 5) is 0. The Hall–Kier alpha value is 0.390. The van der Waals surface area contributed by atoms with Crippen molar-refractivity contribution in [3.63, 3.8) is 0 Å². The Labute approximate surface area is 280 Å². The first-order valence-electron chi connectivity index (χ1n) is 9.24. The van der Waals surface area contributed by atoms with Crippen LogP contribution >= 0.6 is 143 Å². The summed E-state index contributed by atoms with van der Waals surface area (Å²) in [6.07, 6.45) is 0. The summed E-state index contributed by atoms with van der Waals surface area (Å²) in [5, 5.41) is 12.1. The zero-order valence-corrected chi connectivity index (χ0v) is 31.2. The number of ether oxygens (including phenoxy) is 3. The second-order valence-corrected chi connectivity index (χ2v) is 14.5. The lowest BCUT2D eigenvalue weighted by molar-refractivity contribution is 0.350. The fourth-order valence-electron chi connectivity index (χ4n) is 2.68. The number of benzene rings is 3. The SMILES string of the molecule is Brc1cc(Br)c(Oc2nnnc(Oc3c(Br)cc(Br)cc3Br)c2Oc2c(Br)cc(Br)cc2Br)c(Br)c1. The van der Waals surface area contributed by atoms with Gasteiger partial charge in [-0.1, -0.05) is 58.0 Å². The highest BCUT2D eigenvalue weighted by molar-refractivity contribution is 9.12. The monoisotopic (exact) mass is 1060 g/mol. The zero-order chi connectivity index (χ0) is 26.1. The number of rotatable bonds is 6. The summed E-state index contributed by atoms with van der Waals surface area (Å²) in [5.41, 5.74) is 0. The molecule has 0 saturated carbocycles. The molecule has 6 nitrogen and oxygen atoms in total. The third kappa shape index (κ3) is 6.93. The van der Waals surface area contributed by atoms with E-state index in [9.17, 15) is 0 Å². The minimum absolute atomic E-state index is 0.0230. The first-order chi connectivity index (χ1) is 17.0. The highest BCUT2D eigenvalue weighted by atomic mass is 79.9. The lowest BCUT2D eigenvalue weighted by Crippen LogP contribution is -2.03. The summed E-state index contributed by atoms with van der Waals surface area (Å²) in [5.74, 6) is 1.50. The summed E-state index contributed by atoms with van der Waals surface area (Å²) in [6.45, 7) is 0. The number of aromatic nitrogens is 3. The molecule has 0 fully saturated rings. The van der Waals surface area contributed by atoms with Crippen LogP contribution in [0.2, 0.25) is 0 Å². The lowest BCUT2D eigenvalue weighted by atomic mass is 10.3. The van der Waals surface area contributed by atoms with Crippen molar-refractivity contribution in [3.05, 3.63) is 76.7 Å². The topological polar surface area (TPSA) is 66.4 Å². The van der Waals surface area contributed by atoms with Gasteiger partial charge in [-0.2, -0.15) is 0 Å². The van der Waals surface area contributed by atoms with Crippen molar-refractivity contribution in [2.24, 2.45) is 0 Å². The van der Waals surface area contributed by atoms with Crippen LogP contribution in [0, 0.1) is 0 Å². The van der Waals surface area contributed by atoms with Crippen molar-refractivity contribution in [3.8, 4) is 34.8 Å². The predicted octanol–water partition coefficient (Wildman–Crippen LogP) is 12.1. The van der Waals surface area contributed by atoms with Crippen LogP contribution < -0.4 is 14.2 Å². The van der Waals surface area contributed by atoms with Gasteiger partial charge < -0.3 is 14.2 Å². The fourth-order valence-corrected chi connectivity index (χ4v) is 9.94. The molecule has 1 heterocycles. The van der Waals surface area contributed by atoms with Gasteiger partial charge in [-0.15, -0.1) is 0 Å². The maximum absolute atomic E-state index is 6.30. The van der Waals surface area contributed by atoms with Gasteiger partial charge >= 0.3 is 0 Å². The smallest absolute Gasteiger partial charge is 0.290 e. The maximum Gasteiger partial charge on any atom is 0.290 e. The second-order valence-electron chi connectivity index (χ2n) is 6.63. The first-order valence-corrected chi connectivity index (χ1v) is 16.4. The Balaban J connectivity index is 1.87. The molecule has 3 aromatic carbocycles. The molecule has 0 aliphatic heterocycles. The van der Waals surface area contributed by atoms with E-state index in [1.807, 2.05) is 36.4 Å². The minimum atomic E-state index is 0.0230. The lowest BCUT2D eigenvalue weighted by Gasteiger charge is -2.17. The van der Waals surface area contributed by atoms with Gasteiger partial charge in [-0.25, -0.2) is 0 Å². The average Bonchev–Trinajstić information content (AvgIpc) is 2.76. The van der Waals surface area contributed by atoms with Crippen LogP contribution in [0.3, 0.4) is 0 Å². The largest absolute Gasteiger partial charge is 0.444 e. The van der Waals surface area contributed by atoms with Crippen molar-refractivity contribution < 1.29 is 14.2 Å². The second kappa shape index (κ2) is 12.7. The Morgan fingerprint density at radius 3 is 0.972 bits per heavy atom. The summed E-state index contributed by atoms with van der Waals surface area (Å²) >= 11 is 31.5. The van der Waals surface area contributed by atoms with Crippen LogP contribution in [0.1, 0.15) is 0 Å². The Morgan fingerprint density at radius 1 is 0.389 bits per heavy atom. The highest BCUT2D eigenvalue weighted by Crippen LogP contribution is 2.49. The fraction of sp³-hybridized carbons (Fsp3) is 0. The van der Waals surface area contributed by atoms with Gasteiger partial charge in [0.2, 0.25) is 0 Å². The summed E-state index contributed by atoms with van der Waals surface area (Å²) in [6, 6.07) is 11.0. The van der Waals surface area contributed by atoms with E-state index in [0.29, 0.717) is 44.1 Å². The van der Waals surface area contributed by atoms with E-state index in [4.69, 9.17) is 14.2 Å². The molecule has 4 aromatic rings. The zero-order valence-electron chi connectivity index (χ0n) is 16.9. The summed E-state index contributed by atoms with van der Waals surface area (Å²) in [7, 11) is 0. The predicted molar refractivity (Wildman–Crippen MR) is 169 cm³/mol. The van der Waals surface area contributed by atoms with Gasteiger partial charge in [0.25, 0.3) is 17.5 Å². The van der Waals surface area contributed by atoms with Gasteiger partial charge in [0.05, 0.1) is 26.8 Å². The molecule has 0 radical (unpaired) electrons. The molecule has 0 aliphatic carbocycles. The van der Waals surface area contributed by atoms with Crippen LogP contribution in [0.5, 0.6) is 34.8 Å². The molecule has 0 bridgehead atoms. The van der Waals surface area contributed by atoms with Gasteiger partial charge in [0, 0.05) is 13.4 Å². The van der Waals surface area contributed by atoms with Crippen LogP contribution in [0.15, 0.2) is 76.7 Å². The highest BCUT2D eigenvalue weighted by Gasteiger charge is 2.25. The van der Waals surface area contributed by atoms with E-state index in [1.54, 1.807) is 0 Å². The van der Waals surface area contributed by atoms with Gasteiger partial charge in [-0.3, -0.25) is 0 Å². The Morgan fingerprint density at radius 2 is 0.667 bits per heavy atom. The Kier molecular flexibility index (Phi) is 10.4. The maximum atomic E-state index is 6.30. The van der Waals surface area contributed by atoms with E-state index >= 15 is 0 Å². The van der Waals surface area contributed by atoms with Crippen molar-refractivity contribution in [2.75, 3.05) is 0 Å². The average molecular weight is 1070 g/mol. The summed E-state index contributed by atoms with van der Waals surface area (Å²) < 4.78 is 25.1. The van der Waals surface area contributed by atoms with Crippen LogP contribution in [0.4, 0.5) is 0 Å². The van der Waals surface area contributed by atoms with E-state index in [1.165, 1.54) is 0 Å². The number of hydrogen-bond acceptors (Lipinski definition) is 6. The van der Waals surface area contributed by atoms with Crippen LogP contribution in [0.25, 0.3) is 0 Å². The molecule has 0 N–H and O–H groups in total. The van der Waals surface area contributed by atoms with Gasteiger partial charge in [0.1, 0.15) is 0 Å². The molecule has 4 rings (SSSR count). The van der Waals surface area contributed by atoms with Crippen LogP contribution in [-0.2, 0) is 0 Å². The van der Waals surface area contributed by atoms with Crippen molar-refractivity contribution >= 4 is 143 Å². The third-order valence-electron chi connectivity index (χ3n) is 4.15. The molecule has 0 aliphatic rings. The van der Waals surface area contributed by atoms with E-state index < -0.39 is 0 Å². The molecular formula is C21H6Br9N3O3. The molecule has 0 unspecified atom stereocenters. The standard InChI is InChI=1S/C21H6Br9N3O3/c22-7-1-10(25)16(11(26)2-7)34-19-20(35-17-12(27)3-8(23)4-13(17)28)31-33-32-21(19)36-18-14(29)5-9(24)6-15(18)30/h1-6H. The number of hydrogen-bond donors (Lipinski definition) is 0. The third-order valence-corrected chi connectivity index (χ3v) is 9.06. The van der Waals surface area contributed by atoms with E-state index in [2.05, 4.69) is 159 Å². The number of halogens is 9. The molecule has 36 heavy (non-hydrogen) atoms.